The van der Waals surface area contributed by atoms with Crippen LogP contribution in [-0.2, 0) is 14.3 Å². The number of unbranched alkanes of at least 4 members (excludes halogenated alkanes) is 13. The summed E-state index contributed by atoms with van der Waals surface area (Å²) in [5, 5.41) is 0. The number of carbonyl (C=O) groups is 2. The maximum Gasteiger partial charge on any atom is 0.374 e. The van der Waals surface area contributed by atoms with Crippen LogP contribution < -0.4 is 0 Å². The Labute approximate surface area is 154 Å². The summed E-state index contributed by atoms with van der Waals surface area (Å²) in [6.07, 6.45) is 18.3. The molecule has 136 valence electrons. The van der Waals surface area contributed by atoms with Gasteiger partial charge in [-0.25, -0.2) is 4.79 Å². The van der Waals surface area contributed by atoms with Gasteiger partial charge in [-0.1, -0.05) is 90.4 Å². The monoisotopic (exact) mass is 342 g/mol. The first-order valence-corrected chi connectivity index (χ1v) is 9.36. The second-order valence-corrected chi connectivity index (χ2v) is 6.29. The van der Waals surface area contributed by atoms with Gasteiger partial charge in [-0.15, -0.1) is 0 Å². The second kappa shape index (κ2) is 19.7. The summed E-state index contributed by atoms with van der Waals surface area (Å²) in [5.74, 6) is -1.21. The van der Waals surface area contributed by atoms with Crippen molar-refractivity contribution in [2.24, 2.45) is 0 Å². The molecule has 0 atom stereocenters. The molecule has 0 unspecified atom stereocenters. The van der Waals surface area contributed by atoms with E-state index < -0.39 is 11.8 Å². The van der Waals surface area contributed by atoms with E-state index in [0.717, 1.165) is 12.8 Å². The lowest BCUT2D eigenvalue weighted by Gasteiger charge is -2.04. The molecule has 0 aliphatic heterocycles. The number of esters is 1. The standard InChI is InChI=1S/C19H36O3.Al.3H/c1-3-4-5-6-7-8-9-10-11-12-13-14-15-16-17-22-19(21)18(2)20;;;;/h3-17H2,1-2H3;;;;. The molecule has 0 heterocycles. The molecule has 23 heavy (non-hydrogen) atoms. The number of ketones is 1. The fraction of sp³-hybridized carbons (Fsp3) is 0.895. The van der Waals surface area contributed by atoms with Gasteiger partial charge in [0, 0.05) is 6.92 Å². The number of carbonyl (C=O) groups excluding carboxylic acids is 2. The van der Waals surface area contributed by atoms with Crippen LogP contribution in [0.15, 0.2) is 0 Å². The van der Waals surface area contributed by atoms with Crippen LogP contribution in [-0.4, -0.2) is 35.7 Å². The molecule has 0 saturated carbocycles. The normalized spacial score (nSPS) is 10.2. The van der Waals surface area contributed by atoms with Gasteiger partial charge >= 0.3 is 5.97 Å². The Kier molecular flexibility index (Phi) is 21.4. The Balaban J connectivity index is 0. The predicted octanol–water partition coefficient (Wildman–Crippen LogP) is 4.42. The Hall–Kier alpha value is -0.328. The molecular weight excluding hydrogens is 303 g/mol. The van der Waals surface area contributed by atoms with Crippen molar-refractivity contribution in [1.82, 2.24) is 0 Å². The highest BCUT2D eigenvalue weighted by Gasteiger charge is 2.07. The van der Waals surface area contributed by atoms with Gasteiger partial charge in [-0.05, 0) is 6.42 Å². The molecule has 0 N–H and O–H groups in total. The van der Waals surface area contributed by atoms with E-state index in [1.807, 2.05) is 0 Å². The maximum absolute atomic E-state index is 10.9. The number of Topliss-reactive ketones (excluding diaryl/α,β-unsaturated/α-hetero) is 1. The van der Waals surface area contributed by atoms with Crippen molar-refractivity contribution >= 4 is 29.1 Å². The van der Waals surface area contributed by atoms with Gasteiger partial charge in [-0.3, -0.25) is 4.79 Å². The first-order valence-electron chi connectivity index (χ1n) is 9.36. The van der Waals surface area contributed by atoms with E-state index in [1.54, 1.807) is 0 Å². The highest BCUT2D eigenvalue weighted by molar-refractivity contribution is 6.32. The fourth-order valence-electron chi connectivity index (χ4n) is 2.56. The minimum absolute atomic E-state index is 0. The summed E-state index contributed by atoms with van der Waals surface area (Å²) >= 11 is 0. The largest absolute Gasteiger partial charge is 0.460 e. The molecule has 0 aliphatic rings. The van der Waals surface area contributed by atoms with E-state index in [1.165, 1.54) is 84.0 Å². The molecule has 4 heteroatoms. The molecule has 0 aromatic heterocycles. The van der Waals surface area contributed by atoms with Crippen molar-refractivity contribution in [2.75, 3.05) is 6.61 Å². The average Bonchev–Trinajstić information content (AvgIpc) is 2.50. The Morgan fingerprint density at radius 2 is 1.00 bits per heavy atom. The predicted molar refractivity (Wildman–Crippen MR) is 102 cm³/mol. The topological polar surface area (TPSA) is 43.4 Å². The first-order chi connectivity index (χ1) is 10.7. The SMILES string of the molecule is CCCCCCCCCCCCCCCCOC(=O)C(C)=O.[AlH3]. The molecule has 0 rings (SSSR count). The highest BCUT2D eigenvalue weighted by atomic mass is 27.0. The zero-order valence-corrected chi connectivity index (χ0v) is 14.8. The molecule has 3 nitrogen and oxygen atoms in total. The lowest BCUT2D eigenvalue weighted by molar-refractivity contribution is -0.153. The summed E-state index contributed by atoms with van der Waals surface area (Å²) in [4.78, 5) is 21.6. The van der Waals surface area contributed by atoms with Crippen LogP contribution in [0.3, 0.4) is 0 Å². The summed E-state index contributed by atoms with van der Waals surface area (Å²) in [6, 6.07) is 0. The average molecular weight is 342 g/mol. The molecule has 0 radical (unpaired) electrons. The highest BCUT2D eigenvalue weighted by Crippen LogP contribution is 2.12. The van der Waals surface area contributed by atoms with E-state index >= 15 is 0 Å². The van der Waals surface area contributed by atoms with Crippen LogP contribution in [0, 0.1) is 0 Å². The van der Waals surface area contributed by atoms with Crippen LogP contribution in [0.5, 0.6) is 0 Å². The van der Waals surface area contributed by atoms with E-state index in [9.17, 15) is 9.59 Å². The quantitative estimate of drug-likeness (QED) is 0.180. The van der Waals surface area contributed by atoms with Gasteiger partial charge in [0.2, 0.25) is 5.78 Å². The number of hydrogen-bond donors (Lipinski definition) is 0. The van der Waals surface area contributed by atoms with Gasteiger partial charge in [0.05, 0.1) is 6.61 Å². The Morgan fingerprint density at radius 1 is 0.652 bits per heavy atom. The number of rotatable bonds is 16. The molecule has 0 amide bonds. The zero-order chi connectivity index (χ0) is 16.5. The van der Waals surface area contributed by atoms with Crippen LogP contribution in [0.2, 0.25) is 0 Å². The molecule has 0 saturated heterocycles. The third-order valence-electron chi connectivity index (χ3n) is 4.02. The maximum atomic E-state index is 10.9. The minimum atomic E-state index is -0.699. The van der Waals surface area contributed by atoms with E-state index in [4.69, 9.17) is 4.74 Å². The smallest absolute Gasteiger partial charge is 0.374 e. The fourth-order valence-corrected chi connectivity index (χ4v) is 2.56. The van der Waals surface area contributed by atoms with Crippen molar-refractivity contribution in [2.45, 2.75) is 104 Å². The molecular formula is C19H39AlO3. The van der Waals surface area contributed by atoms with Crippen LogP contribution >= 0.6 is 0 Å². The van der Waals surface area contributed by atoms with Crippen LogP contribution in [0.1, 0.15) is 104 Å². The Morgan fingerprint density at radius 3 is 1.35 bits per heavy atom. The lowest BCUT2D eigenvalue weighted by atomic mass is 10.0. The summed E-state index contributed by atoms with van der Waals surface area (Å²) in [5.41, 5.74) is 0. The van der Waals surface area contributed by atoms with Crippen molar-refractivity contribution < 1.29 is 14.3 Å². The third kappa shape index (κ3) is 19.6. The Bertz CT molecular complexity index is 280. The first kappa shape index (κ1) is 24.9. The van der Waals surface area contributed by atoms with Crippen LogP contribution in [0.4, 0.5) is 0 Å². The molecule has 0 aromatic carbocycles. The molecule has 0 fully saturated rings. The summed E-state index contributed by atoms with van der Waals surface area (Å²) in [7, 11) is 0. The van der Waals surface area contributed by atoms with Gasteiger partial charge in [0.1, 0.15) is 0 Å². The van der Waals surface area contributed by atoms with Gasteiger partial charge in [-0.2, -0.15) is 0 Å². The summed E-state index contributed by atoms with van der Waals surface area (Å²) < 4.78 is 4.82. The minimum Gasteiger partial charge on any atom is -0.460 e. The van der Waals surface area contributed by atoms with Gasteiger partial charge in [0.15, 0.2) is 17.4 Å². The molecule has 0 aliphatic carbocycles. The van der Waals surface area contributed by atoms with Gasteiger partial charge < -0.3 is 4.74 Å². The van der Waals surface area contributed by atoms with E-state index in [0.29, 0.717) is 6.61 Å². The molecule has 0 bridgehead atoms. The third-order valence-corrected chi connectivity index (χ3v) is 4.02. The van der Waals surface area contributed by atoms with E-state index in [2.05, 4.69) is 6.92 Å². The van der Waals surface area contributed by atoms with Crippen molar-refractivity contribution in [3.05, 3.63) is 0 Å². The van der Waals surface area contributed by atoms with Crippen molar-refractivity contribution in [3.63, 3.8) is 0 Å². The van der Waals surface area contributed by atoms with Crippen molar-refractivity contribution in [1.29, 1.82) is 0 Å². The lowest BCUT2D eigenvalue weighted by Crippen LogP contribution is -2.14. The molecule has 0 spiro atoms. The zero-order valence-electron chi connectivity index (χ0n) is 14.8. The number of hydrogen-bond acceptors (Lipinski definition) is 3. The second-order valence-electron chi connectivity index (χ2n) is 6.29. The van der Waals surface area contributed by atoms with Gasteiger partial charge in [0.25, 0.3) is 0 Å². The molecule has 0 aromatic rings. The van der Waals surface area contributed by atoms with Crippen molar-refractivity contribution in [3.8, 4) is 0 Å². The number of ether oxygens (including phenoxy) is 1. The van der Waals surface area contributed by atoms with Crippen LogP contribution in [0.25, 0.3) is 0 Å². The van der Waals surface area contributed by atoms with E-state index in [-0.39, 0.29) is 17.4 Å². The summed E-state index contributed by atoms with van der Waals surface area (Å²) in [6.45, 7) is 3.89.